The molecule has 3 heteroatoms. The van der Waals surface area contributed by atoms with E-state index in [4.69, 9.17) is 9.84 Å². The van der Waals surface area contributed by atoms with Crippen molar-refractivity contribution in [2.75, 3.05) is 6.61 Å². The molecular formula is C13H17FO2. The molecule has 0 aliphatic rings. The molecule has 16 heavy (non-hydrogen) atoms. The van der Waals surface area contributed by atoms with Crippen LogP contribution in [0.25, 0.3) is 0 Å². The van der Waals surface area contributed by atoms with Gasteiger partial charge in [0, 0.05) is 0 Å². The fraction of sp³-hybridized carbons (Fsp3) is 0.385. The van der Waals surface area contributed by atoms with Gasteiger partial charge in [0.1, 0.15) is 12.3 Å². The highest BCUT2D eigenvalue weighted by Crippen LogP contribution is 2.11. The van der Waals surface area contributed by atoms with Crippen LogP contribution in [0.2, 0.25) is 0 Å². The van der Waals surface area contributed by atoms with Gasteiger partial charge in [0.25, 0.3) is 0 Å². The highest BCUT2D eigenvalue weighted by molar-refractivity contribution is 5.13. The molecule has 0 amide bonds. The zero-order valence-electron chi connectivity index (χ0n) is 9.18. The molecule has 1 aromatic rings. The van der Waals surface area contributed by atoms with E-state index >= 15 is 0 Å². The van der Waals surface area contributed by atoms with E-state index in [0.717, 1.165) is 5.56 Å². The number of rotatable bonds is 7. The quantitative estimate of drug-likeness (QED) is 0.721. The second kappa shape index (κ2) is 7.14. The highest BCUT2D eigenvalue weighted by atomic mass is 19.1. The zero-order chi connectivity index (χ0) is 11.8. The molecule has 0 saturated heterocycles. The number of aliphatic hydroxyl groups excluding tert-OH is 1. The Morgan fingerprint density at radius 3 is 2.62 bits per heavy atom. The first kappa shape index (κ1) is 12.9. The third kappa shape index (κ3) is 4.13. The van der Waals surface area contributed by atoms with E-state index in [9.17, 15) is 4.39 Å². The number of alkyl halides is 1. The summed E-state index contributed by atoms with van der Waals surface area (Å²) in [4.78, 5) is 0. The monoisotopic (exact) mass is 224 g/mol. The number of benzene rings is 1. The van der Waals surface area contributed by atoms with Crippen LogP contribution in [0.3, 0.4) is 0 Å². The molecule has 0 unspecified atom stereocenters. The minimum Gasteiger partial charge on any atom is -0.394 e. The zero-order valence-corrected chi connectivity index (χ0v) is 9.18. The maximum atomic E-state index is 13.4. The van der Waals surface area contributed by atoms with Crippen molar-refractivity contribution >= 4 is 0 Å². The van der Waals surface area contributed by atoms with Crippen molar-refractivity contribution in [3.8, 4) is 0 Å². The van der Waals surface area contributed by atoms with Gasteiger partial charge in [-0.2, -0.15) is 0 Å². The summed E-state index contributed by atoms with van der Waals surface area (Å²) >= 11 is 0. The molecule has 0 fully saturated rings. The van der Waals surface area contributed by atoms with Crippen molar-refractivity contribution in [1.29, 1.82) is 0 Å². The lowest BCUT2D eigenvalue weighted by Crippen LogP contribution is -2.28. The van der Waals surface area contributed by atoms with Gasteiger partial charge in [-0.05, 0) is 12.0 Å². The Morgan fingerprint density at radius 2 is 2.06 bits per heavy atom. The van der Waals surface area contributed by atoms with Gasteiger partial charge in [-0.1, -0.05) is 36.4 Å². The van der Waals surface area contributed by atoms with Crippen LogP contribution >= 0.6 is 0 Å². The Kier molecular flexibility index (Phi) is 5.75. The van der Waals surface area contributed by atoms with Gasteiger partial charge in [-0.3, -0.25) is 0 Å². The van der Waals surface area contributed by atoms with E-state index < -0.39 is 12.3 Å². The third-order valence-electron chi connectivity index (χ3n) is 2.28. The van der Waals surface area contributed by atoms with Crippen molar-refractivity contribution in [2.45, 2.75) is 25.3 Å². The van der Waals surface area contributed by atoms with Gasteiger partial charge in [-0.15, -0.1) is 6.58 Å². The molecule has 1 rings (SSSR count). The summed E-state index contributed by atoms with van der Waals surface area (Å²) in [5, 5.41) is 9.00. The van der Waals surface area contributed by atoms with Crippen molar-refractivity contribution < 1.29 is 14.2 Å². The lowest BCUT2D eigenvalue weighted by Gasteiger charge is -2.18. The standard InChI is InChI=1S/C13H17FO2/c1-2-6-12(14)13(9-15)16-10-11-7-4-3-5-8-11/h2-5,7-8,12-13,15H,1,6,9-10H2/t12-,13-/m1/s1. The van der Waals surface area contributed by atoms with Gasteiger partial charge in [0.15, 0.2) is 0 Å². The minimum absolute atomic E-state index is 0.194. The molecule has 1 aromatic carbocycles. The Bertz CT molecular complexity index is 300. The average Bonchev–Trinajstić information content (AvgIpc) is 2.31. The minimum atomic E-state index is -1.20. The number of hydrogen-bond donors (Lipinski definition) is 1. The van der Waals surface area contributed by atoms with Crippen LogP contribution in [-0.2, 0) is 11.3 Å². The first-order chi connectivity index (χ1) is 7.77. The number of hydrogen-bond acceptors (Lipinski definition) is 2. The molecule has 2 atom stereocenters. The van der Waals surface area contributed by atoms with E-state index in [1.165, 1.54) is 6.08 Å². The number of allylic oxidation sites excluding steroid dienone is 1. The van der Waals surface area contributed by atoms with Gasteiger partial charge in [0.05, 0.1) is 13.2 Å². The van der Waals surface area contributed by atoms with Crippen LogP contribution < -0.4 is 0 Å². The molecule has 0 spiro atoms. The molecule has 2 nitrogen and oxygen atoms in total. The van der Waals surface area contributed by atoms with Crippen molar-refractivity contribution in [3.05, 3.63) is 48.6 Å². The van der Waals surface area contributed by atoms with E-state index in [2.05, 4.69) is 6.58 Å². The van der Waals surface area contributed by atoms with Crippen LogP contribution in [0.4, 0.5) is 4.39 Å². The predicted octanol–water partition coefficient (Wildman–Crippen LogP) is 2.48. The highest BCUT2D eigenvalue weighted by Gasteiger charge is 2.19. The fourth-order valence-electron chi connectivity index (χ4n) is 1.36. The van der Waals surface area contributed by atoms with Gasteiger partial charge < -0.3 is 9.84 Å². The van der Waals surface area contributed by atoms with Crippen LogP contribution in [0.15, 0.2) is 43.0 Å². The Labute approximate surface area is 95.4 Å². The van der Waals surface area contributed by atoms with Crippen LogP contribution in [0.5, 0.6) is 0 Å². The first-order valence-corrected chi connectivity index (χ1v) is 5.29. The maximum Gasteiger partial charge on any atom is 0.132 e. The van der Waals surface area contributed by atoms with E-state index in [-0.39, 0.29) is 13.0 Å². The van der Waals surface area contributed by atoms with Crippen molar-refractivity contribution in [3.63, 3.8) is 0 Å². The van der Waals surface area contributed by atoms with Gasteiger partial charge in [0.2, 0.25) is 0 Å². The average molecular weight is 224 g/mol. The molecule has 0 aliphatic carbocycles. The third-order valence-corrected chi connectivity index (χ3v) is 2.28. The molecule has 0 aromatic heterocycles. The number of ether oxygens (including phenoxy) is 1. The molecule has 0 saturated carbocycles. The molecule has 0 heterocycles. The van der Waals surface area contributed by atoms with Crippen LogP contribution in [0, 0.1) is 0 Å². The largest absolute Gasteiger partial charge is 0.394 e. The van der Waals surface area contributed by atoms with Crippen LogP contribution in [-0.4, -0.2) is 24.0 Å². The maximum absolute atomic E-state index is 13.4. The predicted molar refractivity (Wildman–Crippen MR) is 61.8 cm³/mol. The summed E-state index contributed by atoms with van der Waals surface area (Å²) < 4.78 is 18.7. The Morgan fingerprint density at radius 1 is 1.38 bits per heavy atom. The SMILES string of the molecule is C=CC[C@@H](F)[C@@H](CO)OCc1ccccc1. The Balaban J connectivity index is 2.42. The molecule has 0 radical (unpaired) electrons. The summed E-state index contributed by atoms with van der Waals surface area (Å²) in [7, 11) is 0. The molecule has 0 bridgehead atoms. The van der Waals surface area contributed by atoms with Crippen molar-refractivity contribution in [1.82, 2.24) is 0 Å². The topological polar surface area (TPSA) is 29.5 Å². The number of aliphatic hydroxyl groups is 1. The van der Waals surface area contributed by atoms with E-state index in [0.29, 0.717) is 6.61 Å². The lowest BCUT2D eigenvalue weighted by molar-refractivity contribution is -0.0419. The summed E-state index contributed by atoms with van der Waals surface area (Å²) in [6.07, 6.45) is -0.302. The number of halogens is 1. The van der Waals surface area contributed by atoms with Gasteiger partial charge >= 0.3 is 0 Å². The summed E-state index contributed by atoms with van der Waals surface area (Å²) in [6.45, 7) is 3.45. The lowest BCUT2D eigenvalue weighted by atomic mass is 10.1. The summed E-state index contributed by atoms with van der Waals surface area (Å²) in [5.74, 6) is 0. The summed E-state index contributed by atoms with van der Waals surface area (Å²) in [6, 6.07) is 9.49. The second-order valence-corrected chi connectivity index (χ2v) is 3.56. The smallest absolute Gasteiger partial charge is 0.132 e. The van der Waals surface area contributed by atoms with E-state index in [1.54, 1.807) is 0 Å². The molecular weight excluding hydrogens is 207 g/mol. The molecule has 1 N–H and O–H groups in total. The van der Waals surface area contributed by atoms with Crippen molar-refractivity contribution in [2.24, 2.45) is 0 Å². The molecule has 88 valence electrons. The normalized spacial score (nSPS) is 14.4. The fourth-order valence-corrected chi connectivity index (χ4v) is 1.36. The second-order valence-electron chi connectivity index (χ2n) is 3.56. The first-order valence-electron chi connectivity index (χ1n) is 5.29. The van der Waals surface area contributed by atoms with E-state index in [1.807, 2.05) is 30.3 Å². The Hall–Kier alpha value is -1.19. The molecule has 0 aliphatic heterocycles. The van der Waals surface area contributed by atoms with Gasteiger partial charge in [-0.25, -0.2) is 4.39 Å². The van der Waals surface area contributed by atoms with Crippen LogP contribution in [0.1, 0.15) is 12.0 Å². The summed E-state index contributed by atoms with van der Waals surface area (Å²) in [5.41, 5.74) is 0.965.